The van der Waals surface area contributed by atoms with Gasteiger partial charge >= 0.3 is 5.97 Å². The summed E-state index contributed by atoms with van der Waals surface area (Å²) in [5, 5.41) is 12.4. The first-order chi connectivity index (χ1) is 11.6. The van der Waals surface area contributed by atoms with Gasteiger partial charge < -0.3 is 14.8 Å². The zero-order chi connectivity index (χ0) is 16.9. The Labute approximate surface area is 140 Å². The second-order valence-corrected chi connectivity index (χ2v) is 6.49. The van der Waals surface area contributed by atoms with Crippen molar-refractivity contribution in [3.63, 3.8) is 0 Å². The van der Waals surface area contributed by atoms with Crippen molar-refractivity contribution in [1.82, 2.24) is 14.7 Å². The smallest absolute Gasteiger partial charge is 0.308 e. The normalized spacial score (nSPS) is 21.8. The van der Waals surface area contributed by atoms with Crippen LogP contribution in [-0.4, -0.2) is 32.4 Å². The highest BCUT2D eigenvalue weighted by atomic mass is 16.4. The Balaban J connectivity index is 1.66. The largest absolute Gasteiger partial charge is 0.481 e. The van der Waals surface area contributed by atoms with E-state index in [2.05, 4.69) is 10.3 Å². The number of carbonyl (C=O) groups is 2. The lowest BCUT2D eigenvalue weighted by Gasteiger charge is -2.27. The molecule has 6 heteroatoms. The fourth-order valence-corrected chi connectivity index (χ4v) is 3.45. The zero-order valence-electron chi connectivity index (χ0n) is 13.6. The summed E-state index contributed by atoms with van der Waals surface area (Å²) in [4.78, 5) is 28.3. The van der Waals surface area contributed by atoms with Gasteiger partial charge in [0.1, 0.15) is 5.65 Å². The topological polar surface area (TPSA) is 83.7 Å². The van der Waals surface area contributed by atoms with Gasteiger partial charge in [0.05, 0.1) is 18.0 Å². The van der Waals surface area contributed by atoms with Crippen molar-refractivity contribution in [3.8, 4) is 0 Å². The minimum atomic E-state index is -0.810. The molecule has 3 rings (SSSR count). The monoisotopic (exact) mass is 329 g/mol. The minimum Gasteiger partial charge on any atom is -0.481 e. The number of carboxylic acids is 1. The van der Waals surface area contributed by atoms with Gasteiger partial charge in [-0.2, -0.15) is 0 Å². The van der Waals surface area contributed by atoms with Crippen molar-refractivity contribution in [3.05, 3.63) is 36.3 Å². The van der Waals surface area contributed by atoms with Crippen LogP contribution in [0.2, 0.25) is 0 Å². The van der Waals surface area contributed by atoms with E-state index in [0.717, 1.165) is 37.8 Å². The highest BCUT2D eigenvalue weighted by molar-refractivity contribution is 5.80. The van der Waals surface area contributed by atoms with Crippen LogP contribution in [0.25, 0.3) is 5.65 Å². The maximum Gasteiger partial charge on any atom is 0.308 e. The summed E-state index contributed by atoms with van der Waals surface area (Å²) in [5.74, 6) is -1.46. The first-order valence-corrected chi connectivity index (χ1v) is 8.58. The number of nitrogens with zero attached hydrogens (tertiary/aromatic N) is 2. The number of nitrogens with one attached hydrogen (secondary N) is 1. The van der Waals surface area contributed by atoms with Crippen LogP contribution in [0, 0.1) is 5.92 Å². The predicted molar refractivity (Wildman–Crippen MR) is 89.7 cm³/mol. The minimum absolute atomic E-state index is 0.157. The Hall–Kier alpha value is -2.37. The molecule has 6 nitrogen and oxygen atoms in total. The summed E-state index contributed by atoms with van der Waals surface area (Å²) in [6.07, 6.45) is 9.31. The van der Waals surface area contributed by atoms with Gasteiger partial charge in [-0.05, 0) is 25.0 Å². The lowest BCUT2D eigenvalue weighted by molar-refractivity contribution is -0.143. The van der Waals surface area contributed by atoms with Gasteiger partial charge in [0.25, 0.3) is 0 Å². The number of fused-ring (bicyclic) bond motifs is 1. The summed E-state index contributed by atoms with van der Waals surface area (Å²) >= 11 is 0. The SMILES string of the molecule is O=C(Cc1cn2ccccc2n1)NC1CCCCCCC1C(=O)O. The zero-order valence-corrected chi connectivity index (χ0v) is 13.6. The van der Waals surface area contributed by atoms with Crippen molar-refractivity contribution >= 4 is 17.5 Å². The molecule has 2 atom stereocenters. The Morgan fingerprint density at radius 3 is 2.75 bits per heavy atom. The molecule has 1 amide bonds. The van der Waals surface area contributed by atoms with Crippen LogP contribution in [-0.2, 0) is 16.0 Å². The van der Waals surface area contributed by atoms with Gasteiger partial charge in [0.2, 0.25) is 5.91 Å². The highest BCUT2D eigenvalue weighted by Crippen LogP contribution is 2.23. The van der Waals surface area contributed by atoms with E-state index in [1.165, 1.54) is 0 Å². The number of aromatic nitrogens is 2. The molecule has 2 N–H and O–H groups in total. The number of carboxylic acid groups (broad SMARTS) is 1. The number of aliphatic carboxylic acids is 1. The van der Waals surface area contributed by atoms with E-state index in [1.807, 2.05) is 35.0 Å². The fourth-order valence-electron chi connectivity index (χ4n) is 3.45. The lowest BCUT2D eigenvalue weighted by Crippen LogP contribution is -2.44. The highest BCUT2D eigenvalue weighted by Gasteiger charge is 2.29. The molecule has 0 aromatic carbocycles. The molecule has 2 heterocycles. The standard InChI is InChI=1S/C18H23N3O3/c22-17(11-13-12-21-10-6-5-9-16(21)19-13)20-15-8-4-2-1-3-7-14(15)18(23)24/h5-6,9-10,12,14-15H,1-4,7-8,11H2,(H,20,22)(H,23,24). The lowest BCUT2D eigenvalue weighted by atomic mass is 9.86. The number of rotatable bonds is 4. The third-order valence-corrected chi connectivity index (χ3v) is 4.69. The average molecular weight is 329 g/mol. The van der Waals surface area contributed by atoms with E-state index in [1.54, 1.807) is 0 Å². The summed E-state index contributed by atoms with van der Waals surface area (Å²) in [7, 11) is 0. The average Bonchev–Trinajstić information content (AvgIpc) is 2.91. The van der Waals surface area contributed by atoms with E-state index < -0.39 is 11.9 Å². The fraction of sp³-hybridized carbons (Fsp3) is 0.500. The molecule has 2 unspecified atom stereocenters. The van der Waals surface area contributed by atoms with Crippen LogP contribution in [0.4, 0.5) is 0 Å². The van der Waals surface area contributed by atoms with Crippen molar-refractivity contribution < 1.29 is 14.7 Å². The number of imidazole rings is 1. The quantitative estimate of drug-likeness (QED) is 0.902. The molecule has 0 radical (unpaired) electrons. The first-order valence-electron chi connectivity index (χ1n) is 8.58. The molecule has 1 aliphatic carbocycles. The van der Waals surface area contributed by atoms with Crippen LogP contribution >= 0.6 is 0 Å². The van der Waals surface area contributed by atoms with Crippen molar-refractivity contribution in [2.45, 2.75) is 51.0 Å². The van der Waals surface area contributed by atoms with Crippen molar-refractivity contribution in [2.75, 3.05) is 0 Å². The summed E-state index contributed by atoms with van der Waals surface area (Å²) in [5.41, 5.74) is 1.49. The number of carbonyl (C=O) groups excluding carboxylic acids is 1. The summed E-state index contributed by atoms with van der Waals surface area (Å²) < 4.78 is 1.87. The Morgan fingerprint density at radius 1 is 1.21 bits per heavy atom. The number of pyridine rings is 1. The molecule has 0 aliphatic heterocycles. The second-order valence-electron chi connectivity index (χ2n) is 6.49. The molecule has 1 fully saturated rings. The third-order valence-electron chi connectivity index (χ3n) is 4.69. The maximum absolute atomic E-state index is 12.4. The molecule has 0 saturated heterocycles. The molecule has 0 spiro atoms. The van der Waals surface area contributed by atoms with E-state index in [9.17, 15) is 14.7 Å². The number of hydrogen-bond acceptors (Lipinski definition) is 3. The molecule has 1 aliphatic rings. The predicted octanol–water partition coefficient (Wildman–Crippen LogP) is 2.42. The molecule has 1 saturated carbocycles. The second kappa shape index (κ2) is 7.47. The van der Waals surface area contributed by atoms with Gasteiger partial charge in [0, 0.05) is 18.4 Å². The maximum atomic E-state index is 12.4. The summed E-state index contributed by atoms with van der Waals surface area (Å²) in [6.45, 7) is 0. The Kier molecular flexibility index (Phi) is 5.13. The van der Waals surface area contributed by atoms with Crippen molar-refractivity contribution in [2.24, 2.45) is 5.92 Å². The van der Waals surface area contributed by atoms with E-state index >= 15 is 0 Å². The molecule has 0 bridgehead atoms. The first kappa shape index (κ1) is 16.5. The molecule has 24 heavy (non-hydrogen) atoms. The van der Waals surface area contributed by atoms with Crippen LogP contribution in [0.15, 0.2) is 30.6 Å². The molecular formula is C18H23N3O3. The van der Waals surface area contributed by atoms with E-state index in [4.69, 9.17) is 0 Å². The Bertz CT molecular complexity index is 692. The van der Waals surface area contributed by atoms with Crippen LogP contribution < -0.4 is 5.32 Å². The van der Waals surface area contributed by atoms with E-state index in [0.29, 0.717) is 12.1 Å². The number of hydrogen-bond donors (Lipinski definition) is 2. The van der Waals surface area contributed by atoms with Crippen LogP contribution in [0.3, 0.4) is 0 Å². The summed E-state index contributed by atoms with van der Waals surface area (Å²) in [6, 6.07) is 5.41. The van der Waals surface area contributed by atoms with Gasteiger partial charge in [-0.25, -0.2) is 4.98 Å². The van der Waals surface area contributed by atoms with Gasteiger partial charge in [0.15, 0.2) is 0 Å². The van der Waals surface area contributed by atoms with E-state index in [-0.39, 0.29) is 18.4 Å². The molecule has 2 aromatic rings. The van der Waals surface area contributed by atoms with Gasteiger partial charge in [-0.3, -0.25) is 9.59 Å². The van der Waals surface area contributed by atoms with Gasteiger partial charge in [-0.15, -0.1) is 0 Å². The third kappa shape index (κ3) is 3.93. The Morgan fingerprint density at radius 2 is 2.00 bits per heavy atom. The molecule has 2 aromatic heterocycles. The molecular weight excluding hydrogens is 306 g/mol. The number of amides is 1. The van der Waals surface area contributed by atoms with Crippen molar-refractivity contribution in [1.29, 1.82) is 0 Å². The van der Waals surface area contributed by atoms with Crippen LogP contribution in [0.1, 0.15) is 44.2 Å². The molecule has 128 valence electrons. The van der Waals surface area contributed by atoms with Crippen LogP contribution in [0.5, 0.6) is 0 Å². The van der Waals surface area contributed by atoms with Gasteiger partial charge in [-0.1, -0.05) is 31.7 Å².